The first-order valence-corrected chi connectivity index (χ1v) is 6.58. The highest BCUT2D eigenvalue weighted by molar-refractivity contribution is 6.30. The SMILES string of the molecule is Cc1cc(F)ccc1CC(C(=O)O)c1ccc(Cl)cc1. The molecule has 2 aromatic rings. The van der Waals surface area contributed by atoms with Crippen molar-refractivity contribution in [2.24, 2.45) is 0 Å². The molecule has 0 spiro atoms. The van der Waals surface area contributed by atoms with E-state index in [0.29, 0.717) is 17.0 Å². The van der Waals surface area contributed by atoms with Crippen LogP contribution >= 0.6 is 11.6 Å². The summed E-state index contributed by atoms with van der Waals surface area (Å²) in [5, 5.41) is 9.96. The van der Waals surface area contributed by atoms with Crippen LogP contribution in [0.2, 0.25) is 5.02 Å². The zero-order valence-corrected chi connectivity index (χ0v) is 11.7. The second kappa shape index (κ2) is 6.06. The third-order valence-electron chi connectivity index (χ3n) is 3.30. The van der Waals surface area contributed by atoms with Crippen molar-refractivity contribution in [2.45, 2.75) is 19.3 Å². The molecule has 0 aliphatic rings. The fraction of sp³-hybridized carbons (Fsp3) is 0.188. The summed E-state index contributed by atoms with van der Waals surface area (Å²) in [5.74, 6) is -1.89. The van der Waals surface area contributed by atoms with E-state index in [1.165, 1.54) is 12.1 Å². The molecule has 0 aliphatic heterocycles. The topological polar surface area (TPSA) is 37.3 Å². The Bertz CT molecular complexity index is 623. The van der Waals surface area contributed by atoms with Gasteiger partial charge < -0.3 is 5.11 Å². The Morgan fingerprint density at radius 3 is 2.45 bits per heavy atom. The minimum Gasteiger partial charge on any atom is -0.481 e. The highest BCUT2D eigenvalue weighted by atomic mass is 35.5. The van der Waals surface area contributed by atoms with E-state index >= 15 is 0 Å². The van der Waals surface area contributed by atoms with Crippen LogP contribution < -0.4 is 0 Å². The van der Waals surface area contributed by atoms with Crippen LogP contribution in [0, 0.1) is 12.7 Å². The van der Waals surface area contributed by atoms with E-state index in [-0.39, 0.29) is 5.82 Å². The van der Waals surface area contributed by atoms with Gasteiger partial charge in [-0.2, -0.15) is 0 Å². The molecule has 1 N–H and O–H groups in total. The molecule has 2 nitrogen and oxygen atoms in total. The standard InChI is InChI=1S/C16H14ClFO2/c1-10-8-14(18)7-4-12(10)9-15(16(19)20)11-2-5-13(17)6-3-11/h2-8,15H,9H2,1H3,(H,19,20). The molecule has 1 unspecified atom stereocenters. The molecule has 1 atom stereocenters. The molecular formula is C16H14ClFO2. The predicted molar refractivity (Wildman–Crippen MR) is 76.7 cm³/mol. The average Bonchev–Trinajstić information content (AvgIpc) is 2.39. The quantitative estimate of drug-likeness (QED) is 0.917. The summed E-state index contributed by atoms with van der Waals surface area (Å²) in [6, 6.07) is 11.2. The Hall–Kier alpha value is -1.87. The summed E-state index contributed by atoms with van der Waals surface area (Å²) in [4.78, 5) is 11.5. The first-order chi connectivity index (χ1) is 9.47. The normalized spacial score (nSPS) is 12.2. The molecule has 20 heavy (non-hydrogen) atoms. The molecule has 0 saturated carbocycles. The lowest BCUT2D eigenvalue weighted by molar-refractivity contribution is -0.138. The van der Waals surface area contributed by atoms with E-state index in [9.17, 15) is 14.3 Å². The summed E-state index contributed by atoms with van der Waals surface area (Å²) in [6.07, 6.45) is 0.322. The molecule has 0 heterocycles. The second-order valence-corrected chi connectivity index (χ2v) is 5.15. The van der Waals surface area contributed by atoms with Crippen LogP contribution in [0.4, 0.5) is 4.39 Å². The van der Waals surface area contributed by atoms with E-state index in [2.05, 4.69) is 0 Å². The molecule has 0 radical (unpaired) electrons. The Balaban J connectivity index is 2.30. The lowest BCUT2D eigenvalue weighted by atomic mass is 9.90. The van der Waals surface area contributed by atoms with Crippen LogP contribution in [-0.2, 0) is 11.2 Å². The van der Waals surface area contributed by atoms with Crippen LogP contribution in [0.1, 0.15) is 22.6 Å². The van der Waals surface area contributed by atoms with Gasteiger partial charge in [0.05, 0.1) is 5.92 Å². The number of carboxylic acid groups (broad SMARTS) is 1. The van der Waals surface area contributed by atoms with E-state index in [0.717, 1.165) is 11.1 Å². The average molecular weight is 293 g/mol. The molecule has 104 valence electrons. The van der Waals surface area contributed by atoms with Crippen molar-refractivity contribution >= 4 is 17.6 Å². The van der Waals surface area contributed by atoms with Gasteiger partial charge in [-0.3, -0.25) is 4.79 Å². The molecule has 0 amide bonds. The fourth-order valence-corrected chi connectivity index (χ4v) is 2.28. The number of carboxylic acids is 1. The third kappa shape index (κ3) is 3.36. The summed E-state index contributed by atoms with van der Waals surface area (Å²) in [7, 11) is 0. The minimum absolute atomic E-state index is 0.315. The maximum Gasteiger partial charge on any atom is 0.311 e. The van der Waals surface area contributed by atoms with Crippen LogP contribution in [0.25, 0.3) is 0 Å². The van der Waals surface area contributed by atoms with Gasteiger partial charge in [0, 0.05) is 5.02 Å². The molecule has 0 aromatic heterocycles. The molecular weight excluding hydrogens is 279 g/mol. The number of benzene rings is 2. The maximum atomic E-state index is 13.1. The van der Waals surface area contributed by atoms with Gasteiger partial charge in [-0.15, -0.1) is 0 Å². The number of aliphatic carboxylic acids is 1. The first-order valence-electron chi connectivity index (χ1n) is 6.20. The molecule has 0 fully saturated rings. The molecule has 0 aliphatic carbocycles. The highest BCUT2D eigenvalue weighted by Crippen LogP contribution is 2.24. The number of aryl methyl sites for hydroxylation is 1. The van der Waals surface area contributed by atoms with Gasteiger partial charge in [0.1, 0.15) is 5.82 Å². The van der Waals surface area contributed by atoms with Gasteiger partial charge in [-0.1, -0.05) is 29.8 Å². The van der Waals surface area contributed by atoms with Crippen molar-refractivity contribution in [1.82, 2.24) is 0 Å². The Morgan fingerprint density at radius 1 is 1.25 bits per heavy atom. The monoisotopic (exact) mass is 292 g/mol. The summed E-state index contributed by atoms with van der Waals surface area (Å²) in [5.41, 5.74) is 2.27. The van der Waals surface area contributed by atoms with Crippen LogP contribution in [0.5, 0.6) is 0 Å². The molecule has 2 rings (SSSR count). The van der Waals surface area contributed by atoms with Crippen LogP contribution in [-0.4, -0.2) is 11.1 Å². The molecule has 0 saturated heterocycles. The van der Waals surface area contributed by atoms with Crippen molar-refractivity contribution in [3.05, 3.63) is 70.0 Å². The highest BCUT2D eigenvalue weighted by Gasteiger charge is 2.21. The number of hydrogen-bond donors (Lipinski definition) is 1. The first kappa shape index (κ1) is 14.5. The van der Waals surface area contributed by atoms with Gasteiger partial charge >= 0.3 is 5.97 Å². The number of carbonyl (C=O) groups is 1. The van der Waals surface area contributed by atoms with Gasteiger partial charge in [-0.05, 0) is 54.3 Å². The lowest BCUT2D eigenvalue weighted by Gasteiger charge is -2.14. The maximum absolute atomic E-state index is 13.1. The fourth-order valence-electron chi connectivity index (χ4n) is 2.15. The number of hydrogen-bond acceptors (Lipinski definition) is 1. The van der Waals surface area contributed by atoms with E-state index in [1.807, 2.05) is 0 Å². The zero-order chi connectivity index (χ0) is 14.7. The number of rotatable bonds is 4. The molecule has 4 heteroatoms. The summed E-state index contributed by atoms with van der Waals surface area (Å²) < 4.78 is 13.1. The summed E-state index contributed by atoms with van der Waals surface area (Å²) >= 11 is 5.81. The minimum atomic E-state index is -0.906. The lowest BCUT2D eigenvalue weighted by Crippen LogP contribution is -2.15. The van der Waals surface area contributed by atoms with E-state index in [1.54, 1.807) is 37.3 Å². The van der Waals surface area contributed by atoms with Crippen molar-refractivity contribution in [1.29, 1.82) is 0 Å². The predicted octanol–water partition coefficient (Wildman–Crippen LogP) is 4.20. The Morgan fingerprint density at radius 2 is 1.90 bits per heavy atom. The Labute approximate surface area is 121 Å². The largest absolute Gasteiger partial charge is 0.481 e. The second-order valence-electron chi connectivity index (χ2n) is 4.72. The van der Waals surface area contributed by atoms with Crippen molar-refractivity contribution in [2.75, 3.05) is 0 Å². The van der Waals surface area contributed by atoms with Crippen LogP contribution in [0.15, 0.2) is 42.5 Å². The van der Waals surface area contributed by atoms with Crippen molar-refractivity contribution in [3.63, 3.8) is 0 Å². The number of halogens is 2. The van der Waals surface area contributed by atoms with Crippen molar-refractivity contribution in [3.8, 4) is 0 Å². The zero-order valence-electron chi connectivity index (χ0n) is 10.9. The summed E-state index contributed by atoms with van der Waals surface area (Å²) in [6.45, 7) is 1.78. The third-order valence-corrected chi connectivity index (χ3v) is 3.55. The van der Waals surface area contributed by atoms with Gasteiger partial charge in [0.15, 0.2) is 0 Å². The van der Waals surface area contributed by atoms with Gasteiger partial charge in [-0.25, -0.2) is 4.39 Å². The van der Waals surface area contributed by atoms with E-state index < -0.39 is 11.9 Å². The molecule has 2 aromatic carbocycles. The van der Waals surface area contributed by atoms with Crippen molar-refractivity contribution < 1.29 is 14.3 Å². The van der Waals surface area contributed by atoms with Gasteiger partial charge in [0.25, 0.3) is 0 Å². The van der Waals surface area contributed by atoms with E-state index in [4.69, 9.17) is 11.6 Å². The van der Waals surface area contributed by atoms with Gasteiger partial charge in [0.2, 0.25) is 0 Å². The van der Waals surface area contributed by atoms with Crippen LogP contribution in [0.3, 0.4) is 0 Å². The smallest absolute Gasteiger partial charge is 0.311 e. The molecule has 0 bridgehead atoms. The Kier molecular flexibility index (Phi) is 4.40.